The molecule has 0 saturated carbocycles. The molecule has 5 nitrogen and oxygen atoms in total. The Bertz CT molecular complexity index is 798. The van der Waals surface area contributed by atoms with Gasteiger partial charge in [-0.25, -0.2) is 0 Å². The van der Waals surface area contributed by atoms with E-state index in [1.807, 2.05) is 18.2 Å². The zero-order valence-electron chi connectivity index (χ0n) is 15.9. The molecule has 0 fully saturated rings. The number of ether oxygens (including phenoxy) is 1. The summed E-state index contributed by atoms with van der Waals surface area (Å²) in [6, 6.07) is 7.83. The van der Waals surface area contributed by atoms with Gasteiger partial charge in [-0.05, 0) is 35.6 Å². The molecule has 0 saturated heterocycles. The Kier molecular flexibility index (Phi) is 6.18. The minimum Gasteiger partial charge on any atom is -0.464 e. The predicted molar refractivity (Wildman–Crippen MR) is 103 cm³/mol. The molecule has 0 aliphatic heterocycles. The van der Waals surface area contributed by atoms with Gasteiger partial charge in [0.1, 0.15) is 0 Å². The van der Waals surface area contributed by atoms with Gasteiger partial charge in [0, 0.05) is 30.1 Å². The van der Waals surface area contributed by atoms with Crippen molar-refractivity contribution in [1.29, 1.82) is 5.26 Å². The molecular formula is C22H25N3O2. The summed E-state index contributed by atoms with van der Waals surface area (Å²) in [6.45, 7) is 4.64. The van der Waals surface area contributed by atoms with Crippen LogP contribution in [0, 0.1) is 23.2 Å². The predicted octanol–water partition coefficient (Wildman–Crippen LogP) is 4.49. The number of hydrogen-bond acceptors (Lipinski definition) is 5. The van der Waals surface area contributed by atoms with E-state index < -0.39 is 11.9 Å². The van der Waals surface area contributed by atoms with Crippen molar-refractivity contribution in [3.05, 3.63) is 47.9 Å². The first-order chi connectivity index (χ1) is 13.2. The highest BCUT2D eigenvalue weighted by molar-refractivity contribution is 5.83. The molecule has 3 rings (SSSR count). The van der Waals surface area contributed by atoms with Crippen molar-refractivity contribution in [3.8, 4) is 17.3 Å². The summed E-state index contributed by atoms with van der Waals surface area (Å²) in [4.78, 5) is 21.4. The quantitative estimate of drug-likeness (QED) is 0.646. The molecule has 2 aromatic rings. The van der Waals surface area contributed by atoms with Crippen molar-refractivity contribution in [2.24, 2.45) is 11.8 Å². The third-order valence-electron chi connectivity index (χ3n) is 5.35. The highest BCUT2D eigenvalue weighted by Gasteiger charge is 2.40. The summed E-state index contributed by atoms with van der Waals surface area (Å²) in [7, 11) is 0. The topological polar surface area (TPSA) is 75.9 Å². The highest BCUT2D eigenvalue weighted by Crippen LogP contribution is 2.46. The van der Waals surface area contributed by atoms with Gasteiger partial charge in [0.2, 0.25) is 0 Å². The number of rotatable bonds is 8. The number of esters is 1. The second kappa shape index (κ2) is 8.77. The van der Waals surface area contributed by atoms with Crippen LogP contribution in [-0.4, -0.2) is 22.5 Å². The number of unbranched alkanes of at least 4 members (excludes halogenated alkanes) is 1. The van der Waals surface area contributed by atoms with Crippen LogP contribution in [0.3, 0.4) is 0 Å². The van der Waals surface area contributed by atoms with Crippen LogP contribution in [0.2, 0.25) is 0 Å². The first kappa shape index (κ1) is 19.0. The van der Waals surface area contributed by atoms with Crippen LogP contribution in [-0.2, 0) is 9.53 Å². The first-order valence-corrected chi connectivity index (χ1v) is 9.66. The first-order valence-electron chi connectivity index (χ1n) is 9.66. The molecular weight excluding hydrogens is 338 g/mol. The average Bonchev–Trinajstić information content (AvgIpc) is 3.04. The molecule has 3 atom stereocenters. The SMILES string of the molecule is CCCCC(CC)COC(=O)C(C#N)C1c2ccncc2-c2ncccc21. The molecule has 0 N–H and O–H groups in total. The molecule has 0 radical (unpaired) electrons. The molecule has 0 aromatic carbocycles. The number of aromatic nitrogens is 2. The monoisotopic (exact) mass is 363 g/mol. The molecule has 1 aliphatic carbocycles. The van der Waals surface area contributed by atoms with E-state index >= 15 is 0 Å². The fourth-order valence-electron chi connectivity index (χ4n) is 3.75. The van der Waals surface area contributed by atoms with E-state index in [2.05, 4.69) is 29.9 Å². The van der Waals surface area contributed by atoms with Crippen molar-refractivity contribution in [2.45, 2.75) is 45.4 Å². The molecule has 140 valence electrons. The second-order valence-corrected chi connectivity index (χ2v) is 7.04. The van der Waals surface area contributed by atoms with E-state index in [-0.39, 0.29) is 5.92 Å². The lowest BCUT2D eigenvalue weighted by molar-refractivity contribution is -0.148. The minimum absolute atomic E-state index is 0.349. The van der Waals surface area contributed by atoms with Crippen molar-refractivity contribution < 1.29 is 9.53 Å². The number of carbonyl (C=O) groups is 1. The molecule has 0 spiro atoms. The van der Waals surface area contributed by atoms with Gasteiger partial charge in [0.05, 0.1) is 18.4 Å². The number of carbonyl (C=O) groups excluding carboxylic acids is 1. The number of fused-ring (bicyclic) bond motifs is 3. The lowest BCUT2D eigenvalue weighted by Gasteiger charge is -2.20. The van der Waals surface area contributed by atoms with Gasteiger partial charge >= 0.3 is 5.97 Å². The lowest BCUT2D eigenvalue weighted by Crippen LogP contribution is -2.25. The average molecular weight is 363 g/mol. The van der Waals surface area contributed by atoms with Crippen LogP contribution in [0.25, 0.3) is 11.3 Å². The van der Waals surface area contributed by atoms with Gasteiger partial charge < -0.3 is 4.74 Å². The Morgan fingerprint density at radius 3 is 2.89 bits per heavy atom. The van der Waals surface area contributed by atoms with Gasteiger partial charge in [0.25, 0.3) is 0 Å². The fourth-order valence-corrected chi connectivity index (χ4v) is 3.75. The van der Waals surface area contributed by atoms with E-state index in [9.17, 15) is 10.1 Å². The molecule has 3 unspecified atom stereocenters. The number of hydrogen-bond donors (Lipinski definition) is 0. The zero-order chi connectivity index (χ0) is 19.2. The van der Waals surface area contributed by atoms with Crippen LogP contribution in [0.5, 0.6) is 0 Å². The summed E-state index contributed by atoms with van der Waals surface area (Å²) < 4.78 is 5.59. The Morgan fingerprint density at radius 2 is 2.15 bits per heavy atom. The molecule has 5 heteroatoms. The van der Waals surface area contributed by atoms with Crippen molar-refractivity contribution in [2.75, 3.05) is 6.61 Å². The van der Waals surface area contributed by atoms with E-state index in [4.69, 9.17) is 4.74 Å². The van der Waals surface area contributed by atoms with Crippen molar-refractivity contribution in [1.82, 2.24) is 9.97 Å². The lowest BCUT2D eigenvalue weighted by atomic mass is 9.85. The van der Waals surface area contributed by atoms with Crippen LogP contribution < -0.4 is 0 Å². The Balaban J connectivity index is 1.81. The molecule has 0 amide bonds. The summed E-state index contributed by atoms with van der Waals surface area (Å²) in [5.74, 6) is -1.35. The molecule has 2 heterocycles. The largest absolute Gasteiger partial charge is 0.464 e. The number of nitrogens with zero attached hydrogens (tertiary/aromatic N) is 3. The fraction of sp³-hybridized carbons (Fsp3) is 0.455. The highest BCUT2D eigenvalue weighted by atomic mass is 16.5. The summed E-state index contributed by atoms with van der Waals surface area (Å²) in [5, 5.41) is 9.79. The van der Waals surface area contributed by atoms with Crippen LogP contribution in [0.1, 0.15) is 56.6 Å². The summed E-state index contributed by atoms with van der Waals surface area (Å²) >= 11 is 0. The molecule has 27 heavy (non-hydrogen) atoms. The standard InChI is InChI=1S/C22H25N3O2/c1-3-5-7-15(4-2)14-27-22(26)18(12-23)20-16-9-11-24-13-19(16)21-17(20)8-6-10-25-21/h6,8-11,13,15,18,20H,3-5,7,14H2,1-2H3. The molecule has 0 bridgehead atoms. The van der Waals surface area contributed by atoms with Crippen LogP contribution in [0.15, 0.2) is 36.8 Å². The normalized spacial score (nSPS) is 16.7. The van der Waals surface area contributed by atoms with Gasteiger partial charge in [-0.2, -0.15) is 5.26 Å². The third kappa shape index (κ3) is 3.85. The van der Waals surface area contributed by atoms with E-state index in [0.717, 1.165) is 48.1 Å². The van der Waals surface area contributed by atoms with Crippen LogP contribution in [0.4, 0.5) is 0 Å². The zero-order valence-corrected chi connectivity index (χ0v) is 15.9. The Morgan fingerprint density at radius 1 is 1.30 bits per heavy atom. The van der Waals surface area contributed by atoms with E-state index in [0.29, 0.717) is 12.5 Å². The van der Waals surface area contributed by atoms with Gasteiger partial charge in [-0.3, -0.25) is 14.8 Å². The maximum absolute atomic E-state index is 12.8. The maximum Gasteiger partial charge on any atom is 0.324 e. The Hall–Kier alpha value is -2.74. The molecule has 2 aromatic heterocycles. The van der Waals surface area contributed by atoms with E-state index in [1.54, 1.807) is 18.6 Å². The minimum atomic E-state index is -0.889. The van der Waals surface area contributed by atoms with Gasteiger partial charge in [-0.1, -0.05) is 39.2 Å². The van der Waals surface area contributed by atoms with Crippen molar-refractivity contribution >= 4 is 5.97 Å². The van der Waals surface area contributed by atoms with Gasteiger partial charge in [0.15, 0.2) is 5.92 Å². The molecule has 1 aliphatic rings. The second-order valence-electron chi connectivity index (χ2n) is 7.04. The number of pyridine rings is 2. The van der Waals surface area contributed by atoms with Crippen LogP contribution >= 0.6 is 0 Å². The van der Waals surface area contributed by atoms with E-state index in [1.165, 1.54) is 0 Å². The summed E-state index contributed by atoms with van der Waals surface area (Å²) in [6.07, 6.45) is 9.42. The third-order valence-corrected chi connectivity index (χ3v) is 5.35. The van der Waals surface area contributed by atoms with Gasteiger partial charge in [-0.15, -0.1) is 0 Å². The van der Waals surface area contributed by atoms with Crippen molar-refractivity contribution in [3.63, 3.8) is 0 Å². The Labute approximate surface area is 160 Å². The summed E-state index contributed by atoms with van der Waals surface area (Å²) in [5.41, 5.74) is 3.50. The maximum atomic E-state index is 12.8. The number of nitriles is 1. The smallest absolute Gasteiger partial charge is 0.324 e.